The predicted molar refractivity (Wildman–Crippen MR) is 112 cm³/mol. The van der Waals surface area contributed by atoms with Gasteiger partial charge in [-0.15, -0.1) is 0 Å². The molecule has 0 saturated carbocycles. The van der Waals surface area contributed by atoms with Crippen LogP contribution in [-0.4, -0.2) is 43.4 Å². The number of halogens is 1. The standard InChI is InChI=1S/C24H29FN2O/c1-24(2)17-27(23-15-19(16-28)5-8-22(23)24)21-10-13-26(14-11-21)12-9-18-3-6-20(25)7-4-18/h3-8,15-16,21H,9-14,17H2,1-2H3. The molecule has 0 unspecified atom stereocenters. The summed E-state index contributed by atoms with van der Waals surface area (Å²) in [5.41, 5.74) is 4.69. The van der Waals surface area contributed by atoms with Gasteiger partial charge in [0.1, 0.15) is 12.1 Å². The van der Waals surface area contributed by atoms with E-state index in [-0.39, 0.29) is 11.2 Å². The third-order valence-corrected chi connectivity index (χ3v) is 6.39. The molecule has 0 aromatic heterocycles. The van der Waals surface area contributed by atoms with Gasteiger partial charge in [-0.2, -0.15) is 0 Å². The summed E-state index contributed by atoms with van der Waals surface area (Å²) >= 11 is 0. The molecule has 0 amide bonds. The first-order valence-corrected chi connectivity index (χ1v) is 10.3. The SMILES string of the molecule is CC1(C)CN(C2CCN(CCc3ccc(F)cc3)CC2)c2cc(C=O)ccc21. The number of benzene rings is 2. The van der Waals surface area contributed by atoms with Crippen molar-refractivity contribution in [1.29, 1.82) is 0 Å². The molecule has 1 saturated heterocycles. The number of hydrogen-bond acceptors (Lipinski definition) is 3. The number of nitrogens with zero attached hydrogens (tertiary/aromatic N) is 2. The second-order valence-corrected chi connectivity index (χ2v) is 8.86. The summed E-state index contributed by atoms with van der Waals surface area (Å²) in [7, 11) is 0. The van der Waals surface area contributed by atoms with Gasteiger partial charge >= 0.3 is 0 Å². The van der Waals surface area contributed by atoms with Gasteiger partial charge in [0.15, 0.2) is 0 Å². The summed E-state index contributed by atoms with van der Waals surface area (Å²) in [6.07, 6.45) is 4.20. The van der Waals surface area contributed by atoms with E-state index >= 15 is 0 Å². The fourth-order valence-electron chi connectivity index (χ4n) is 4.75. The summed E-state index contributed by atoms with van der Waals surface area (Å²) in [4.78, 5) is 16.3. The van der Waals surface area contributed by atoms with Crippen LogP contribution < -0.4 is 4.90 Å². The summed E-state index contributed by atoms with van der Waals surface area (Å²) in [6.45, 7) is 8.81. The fourth-order valence-corrected chi connectivity index (χ4v) is 4.75. The van der Waals surface area contributed by atoms with E-state index < -0.39 is 0 Å². The van der Waals surface area contributed by atoms with Gasteiger partial charge in [-0.05, 0) is 48.6 Å². The first kappa shape index (κ1) is 19.1. The molecule has 0 spiro atoms. The number of fused-ring (bicyclic) bond motifs is 1. The third kappa shape index (κ3) is 3.83. The van der Waals surface area contributed by atoms with Gasteiger partial charge < -0.3 is 9.80 Å². The maximum atomic E-state index is 13.0. The van der Waals surface area contributed by atoms with Crippen molar-refractivity contribution in [2.75, 3.05) is 31.1 Å². The number of rotatable bonds is 5. The minimum atomic E-state index is -0.170. The molecule has 28 heavy (non-hydrogen) atoms. The van der Waals surface area contributed by atoms with Crippen molar-refractivity contribution in [3.05, 3.63) is 65.0 Å². The van der Waals surface area contributed by atoms with Crippen LogP contribution in [0.4, 0.5) is 10.1 Å². The lowest BCUT2D eigenvalue weighted by molar-refractivity contribution is 0.112. The topological polar surface area (TPSA) is 23.6 Å². The Morgan fingerprint density at radius 1 is 1.11 bits per heavy atom. The first-order chi connectivity index (χ1) is 13.5. The van der Waals surface area contributed by atoms with Crippen molar-refractivity contribution in [1.82, 2.24) is 4.90 Å². The van der Waals surface area contributed by atoms with E-state index in [2.05, 4.69) is 35.8 Å². The average molecular weight is 381 g/mol. The van der Waals surface area contributed by atoms with Crippen molar-refractivity contribution in [3.8, 4) is 0 Å². The van der Waals surface area contributed by atoms with Gasteiger partial charge in [0.25, 0.3) is 0 Å². The van der Waals surface area contributed by atoms with Gasteiger partial charge in [-0.3, -0.25) is 4.79 Å². The number of aldehydes is 1. The van der Waals surface area contributed by atoms with Crippen LogP contribution in [0.25, 0.3) is 0 Å². The molecular weight excluding hydrogens is 351 g/mol. The van der Waals surface area contributed by atoms with Gasteiger partial charge in [-0.25, -0.2) is 4.39 Å². The van der Waals surface area contributed by atoms with Crippen LogP contribution in [-0.2, 0) is 11.8 Å². The van der Waals surface area contributed by atoms with Crippen molar-refractivity contribution < 1.29 is 9.18 Å². The smallest absolute Gasteiger partial charge is 0.150 e. The van der Waals surface area contributed by atoms with Gasteiger partial charge in [0.05, 0.1) is 0 Å². The molecule has 2 aromatic carbocycles. The maximum Gasteiger partial charge on any atom is 0.150 e. The molecule has 0 radical (unpaired) electrons. The molecule has 2 heterocycles. The molecule has 0 atom stereocenters. The molecule has 2 aliphatic rings. The van der Waals surface area contributed by atoms with Crippen LogP contribution in [0.3, 0.4) is 0 Å². The number of carbonyl (C=O) groups is 1. The number of likely N-dealkylation sites (tertiary alicyclic amines) is 1. The molecule has 4 rings (SSSR count). The van der Waals surface area contributed by atoms with E-state index in [9.17, 15) is 9.18 Å². The third-order valence-electron chi connectivity index (χ3n) is 6.39. The Morgan fingerprint density at radius 3 is 2.50 bits per heavy atom. The molecule has 3 nitrogen and oxygen atoms in total. The second kappa shape index (κ2) is 7.67. The maximum absolute atomic E-state index is 13.0. The molecule has 148 valence electrons. The van der Waals surface area contributed by atoms with E-state index in [0.717, 1.165) is 57.3 Å². The normalized spacial score (nSPS) is 19.6. The van der Waals surface area contributed by atoms with Gasteiger partial charge in [-0.1, -0.05) is 38.1 Å². The molecule has 2 aromatic rings. The zero-order valence-electron chi connectivity index (χ0n) is 16.8. The van der Waals surface area contributed by atoms with E-state index in [1.54, 1.807) is 12.1 Å². The molecule has 0 aliphatic carbocycles. The lowest BCUT2D eigenvalue weighted by atomic mass is 9.86. The van der Waals surface area contributed by atoms with Crippen LogP contribution in [0.15, 0.2) is 42.5 Å². The summed E-state index contributed by atoms with van der Waals surface area (Å²) in [5.74, 6) is -0.170. The Kier molecular flexibility index (Phi) is 5.24. The Balaban J connectivity index is 1.38. The van der Waals surface area contributed by atoms with Crippen molar-refractivity contribution >= 4 is 12.0 Å². The molecule has 0 N–H and O–H groups in total. The van der Waals surface area contributed by atoms with E-state index in [1.165, 1.54) is 16.8 Å². The minimum absolute atomic E-state index is 0.121. The first-order valence-electron chi connectivity index (χ1n) is 10.3. The van der Waals surface area contributed by atoms with E-state index in [0.29, 0.717) is 6.04 Å². The Hall–Kier alpha value is -2.20. The Labute approximate surface area is 167 Å². The molecule has 0 bridgehead atoms. The highest BCUT2D eigenvalue weighted by Crippen LogP contribution is 2.43. The van der Waals surface area contributed by atoms with Crippen LogP contribution in [0.5, 0.6) is 0 Å². The van der Waals surface area contributed by atoms with Crippen LogP contribution in [0, 0.1) is 5.82 Å². The highest BCUT2D eigenvalue weighted by molar-refractivity contribution is 5.79. The summed E-state index contributed by atoms with van der Waals surface area (Å²) < 4.78 is 13.0. The zero-order chi connectivity index (χ0) is 19.7. The Bertz CT molecular complexity index is 838. The predicted octanol–water partition coefficient (Wildman–Crippen LogP) is 4.44. The lowest BCUT2D eigenvalue weighted by Gasteiger charge is -2.38. The van der Waals surface area contributed by atoms with Crippen molar-refractivity contribution in [2.24, 2.45) is 0 Å². The van der Waals surface area contributed by atoms with E-state index in [1.807, 2.05) is 18.2 Å². The second-order valence-electron chi connectivity index (χ2n) is 8.86. The number of carbonyl (C=O) groups excluding carboxylic acids is 1. The highest BCUT2D eigenvalue weighted by atomic mass is 19.1. The monoisotopic (exact) mass is 380 g/mol. The molecule has 1 fully saturated rings. The summed E-state index contributed by atoms with van der Waals surface area (Å²) in [6, 6.07) is 13.5. The quantitative estimate of drug-likeness (QED) is 0.717. The van der Waals surface area contributed by atoms with Gasteiger partial charge in [0.2, 0.25) is 0 Å². The number of anilines is 1. The number of piperidine rings is 1. The summed E-state index contributed by atoms with van der Waals surface area (Å²) in [5, 5.41) is 0. The molecule has 4 heteroatoms. The molecular formula is C24H29FN2O. The lowest BCUT2D eigenvalue weighted by Crippen LogP contribution is -2.46. The largest absolute Gasteiger partial charge is 0.367 e. The van der Waals surface area contributed by atoms with Gasteiger partial charge in [0, 0.05) is 48.9 Å². The fraction of sp³-hybridized carbons (Fsp3) is 0.458. The van der Waals surface area contributed by atoms with Crippen LogP contribution >= 0.6 is 0 Å². The van der Waals surface area contributed by atoms with Crippen LogP contribution in [0.1, 0.15) is 48.2 Å². The average Bonchev–Trinajstić information content (AvgIpc) is 2.98. The zero-order valence-corrected chi connectivity index (χ0v) is 16.8. The highest BCUT2D eigenvalue weighted by Gasteiger charge is 2.38. The number of hydrogen-bond donors (Lipinski definition) is 0. The van der Waals surface area contributed by atoms with Crippen molar-refractivity contribution in [3.63, 3.8) is 0 Å². The molecule has 2 aliphatic heterocycles. The minimum Gasteiger partial charge on any atom is -0.367 e. The van der Waals surface area contributed by atoms with Crippen LogP contribution in [0.2, 0.25) is 0 Å². The van der Waals surface area contributed by atoms with Crippen molar-refractivity contribution in [2.45, 2.75) is 44.6 Å². The van der Waals surface area contributed by atoms with E-state index in [4.69, 9.17) is 0 Å². The Morgan fingerprint density at radius 2 is 1.82 bits per heavy atom.